The van der Waals surface area contributed by atoms with Gasteiger partial charge < -0.3 is 10.1 Å². The van der Waals surface area contributed by atoms with E-state index < -0.39 is 0 Å². The normalized spacial score (nSPS) is 33.9. The van der Waals surface area contributed by atoms with Crippen LogP contribution < -0.4 is 5.32 Å². The molecule has 0 radical (unpaired) electrons. The molecule has 0 aromatic heterocycles. The second-order valence-electron chi connectivity index (χ2n) is 9.01. The number of hydrogen-bond donors (Lipinski definition) is 1. The quantitative estimate of drug-likeness (QED) is 0.780. The third kappa shape index (κ3) is 3.76. The van der Waals surface area contributed by atoms with Gasteiger partial charge in [-0.3, -0.25) is 0 Å². The maximum atomic E-state index is 5.65. The Kier molecular flexibility index (Phi) is 4.57. The van der Waals surface area contributed by atoms with Crippen molar-refractivity contribution >= 4 is 0 Å². The van der Waals surface area contributed by atoms with E-state index in [9.17, 15) is 0 Å². The Bertz CT molecular complexity index is 331. The highest BCUT2D eigenvalue weighted by Gasteiger charge is 2.50. The third-order valence-corrected chi connectivity index (χ3v) is 5.85. The molecule has 2 aliphatic rings. The number of hydrogen-bond acceptors (Lipinski definition) is 2. The molecule has 1 N–H and O–H groups in total. The SMILES string of the molecule is COC(C)(C)CCC1(CNC(C)(C)C)CC2CCC1C2. The van der Waals surface area contributed by atoms with Gasteiger partial charge in [-0.05, 0) is 84.0 Å². The maximum Gasteiger partial charge on any atom is 0.0623 e. The lowest BCUT2D eigenvalue weighted by atomic mass is 9.68. The highest BCUT2D eigenvalue weighted by atomic mass is 16.5. The van der Waals surface area contributed by atoms with Crippen LogP contribution in [0.25, 0.3) is 0 Å². The van der Waals surface area contributed by atoms with E-state index in [1.807, 2.05) is 7.11 Å². The van der Waals surface area contributed by atoms with Gasteiger partial charge in [-0.25, -0.2) is 0 Å². The number of nitrogens with one attached hydrogen (secondary N) is 1. The van der Waals surface area contributed by atoms with E-state index >= 15 is 0 Å². The molecule has 0 aliphatic heterocycles. The summed E-state index contributed by atoms with van der Waals surface area (Å²) in [6.45, 7) is 12.5. The van der Waals surface area contributed by atoms with Crippen molar-refractivity contribution in [2.75, 3.05) is 13.7 Å². The molecule has 2 aliphatic carbocycles. The van der Waals surface area contributed by atoms with Gasteiger partial charge in [0, 0.05) is 19.2 Å². The maximum absolute atomic E-state index is 5.65. The van der Waals surface area contributed by atoms with Crippen molar-refractivity contribution in [3.05, 3.63) is 0 Å². The summed E-state index contributed by atoms with van der Waals surface area (Å²) in [4.78, 5) is 0. The molecule has 2 heteroatoms. The lowest BCUT2D eigenvalue weighted by Crippen LogP contribution is -2.46. The fourth-order valence-electron chi connectivity index (χ4n) is 4.26. The monoisotopic (exact) mass is 281 g/mol. The van der Waals surface area contributed by atoms with Crippen molar-refractivity contribution in [1.29, 1.82) is 0 Å². The molecule has 2 fully saturated rings. The Morgan fingerprint density at radius 3 is 2.30 bits per heavy atom. The number of fused-ring (bicyclic) bond motifs is 2. The van der Waals surface area contributed by atoms with Crippen molar-refractivity contribution in [2.24, 2.45) is 17.3 Å². The zero-order chi connectivity index (χ0) is 15.0. The Labute approximate surface area is 126 Å². The number of methoxy groups -OCH3 is 1. The molecule has 3 unspecified atom stereocenters. The molecule has 3 atom stereocenters. The molecule has 118 valence electrons. The van der Waals surface area contributed by atoms with Crippen molar-refractivity contribution in [1.82, 2.24) is 5.32 Å². The Hall–Kier alpha value is -0.0800. The van der Waals surface area contributed by atoms with E-state index in [0.717, 1.165) is 11.8 Å². The van der Waals surface area contributed by atoms with Gasteiger partial charge >= 0.3 is 0 Å². The van der Waals surface area contributed by atoms with Crippen LogP contribution in [0.1, 0.15) is 73.1 Å². The summed E-state index contributed by atoms with van der Waals surface area (Å²) in [5, 5.41) is 3.80. The van der Waals surface area contributed by atoms with Crippen LogP contribution >= 0.6 is 0 Å². The minimum absolute atomic E-state index is 0.0244. The molecule has 0 heterocycles. The molecule has 20 heavy (non-hydrogen) atoms. The number of rotatable bonds is 6. The van der Waals surface area contributed by atoms with Gasteiger partial charge in [0.15, 0.2) is 0 Å². The minimum atomic E-state index is 0.0244. The fourth-order valence-corrected chi connectivity index (χ4v) is 4.26. The van der Waals surface area contributed by atoms with Crippen molar-refractivity contribution in [2.45, 2.75) is 84.3 Å². The molecule has 2 saturated carbocycles. The summed E-state index contributed by atoms with van der Waals surface area (Å²) in [6, 6.07) is 0. The van der Waals surface area contributed by atoms with Crippen LogP contribution in [0.3, 0.4) is 0 Å². The minimum Gasteiger partial charge on any atom is -0.379 e. The van der Waals surface area contributed by atoms with Crippen LogP contribution in [0.15, 0.2) is 0 Å². The first-order chi connectivity index (χ1) is 9.16. The Morgan fingerprint density at radius 2 is 1.85 bits per heavy atom. The summed E-state index contributed by atoms with van der Waals surface area (Å²) >= 11 is 0. The Balaban J connectivity index is 2.02. The van der Waals surface area contributed by atoms with Gasteiger partial charge in [-0.15, -0.1) is 0 Å². The van der Waals surface area contributed by atoms with Crippen molar-refractivity contribution in [3.63, 3.8) is 0 Å². The summed E-state index contributed by atoms with van der Waals surface area (Å²) < 4.78 is 5.65. The molecular weight excluding hydrogens is 246 g/mol. The van der Waals surface area contributed by atoms with Crippen LogP contribution in [-0.2, 0) is 4.74 Å². The zero-order valence-electron chi connectivity index (χ0n) is 14.5. The highest BCUT2D eigenvalue weighted by Crippen LogP contribution is 2.58. The lowest BCUT2D eigenvalue weighted by Gasteiger charge is -2.42. The van der Waals surface area contributed by atoms with Crippen LogP contribution in [-0.4, -0.2) is 24.8 Å². The van der Waals surface area contributed by atoms with Gasteiger partial charge in [-0.1, -0.05) is 6.42 Å². The standard InChI is InChI=1S/C18H35NO/c1-16(2,3)19-13-18(10-9-17(4,5)20-6)12-14-7-8-15(18)11-14/h14-15,19H,7-13H2,1-6H3. The van der Waals surface area contributed by atoms with Crippen LogP contribution in [0.4, 0.5) is 0 Å². The molecular formula is C18H35NO. The van der Waals surface area contributed by atoms with E-state index in [0.29, 0.717) is 5.41 Å². The molecule has 0 saturated heterocycles. The predicted molar refractivity (Wildman–Crippen MR) is 86.0 cm³/mol. The fraction of sp³-hybridized carbons (Fsp3) is 1.00. The molecule has 0 aromatic carbocycles. The topological polar surface area (TPSA) is 21.3 Å². The average Bonchev–Trinajstić information content (AvgIpc) is 2.94. The van der Waals surface area contributed by atoms with Crippen LogP contribution in [0, 0.1) is 17.3 Å². The first-order valence-corrected chi connectivity index (χ1v) is 8.46. The van der Waals surface area contributed by atoms with Crippen molar-refractivity contribution < 1.29 is 4.74 Å². The summed E-state index contributed by atoms with van der Waals surface area (Å²) in [5.74, 6) is 1.96. The van der Waals surface area contributed by atoms with Gasteiger partial charge in [-0.2, -0.15) is 0 Å². The van der Waals surface area contributed by atoms with E-state index in [-0.39, 0.29) is 11.1 Å². The molecule has 2 rings (SSSR count). The molecule has 0 aromatic rings. The molecule has 2 bridgehead atoms. The van der Waals surface area contributed by atoms with Crippen LogP contribution in [0.2, 0.25) is 0 Å². The first-order valence-electron chi connectivity index (χ1n) is 8.46. The predicted octanol–water partition coefficient (Wildman–Crippen LogP) is 4.39. The molecule has 2 nitrogen and oxygen atoms in total. The smallest absolute Gasteiger partial charge is 0.0623 e. The van der Waals surface area contributed by atoms with Gasteiger partial charge in [0.05, 0.1) is 5.60 Å². The lowest BCUT2D eigenvalue weighted by molar-refractivity contribution is -0.00429. The second kappa shape index (κ2) is 5.61. The summed E-state index contributed by atoms with van der Waals surface area (Å²) in [7, 11) is 1.85. The number of ether oxygens (including phenoxy) is 1. The largest absolute Gasteiger partial charge is 0.379 e. The van der Waals surface area contributed by atoms with Gasteiger partial charge in [0.25, 0.3) is 0 Å². The molecule has 0 amide bonds. The average molecular weight is 281 g/mol. The summed E-state index contributed by atoms with van der Waals surface area (Å²) in [6.07, 6.45) is 8.37. The van der Waals surface area contributed by atoms with Crippen LogP contribution in [0.5, 0.6) is 0 Å². The summed E-state index contributed by atoms with van der Waals surface area (Å²) in [5.41, 5.74) is 0.786. The van der Waals surface area contributed by atoms with E-state index in [4.69, 9.17) is 4.74 Å². The van der Waals surface area contributed by atoms with Gasteiger partial charge in [0.2, 0.25) is 0 Å². The van der Waals surface area contributed by atoms with Crippen molar-refractivity contribution in [3.8, 4) is 0 Å². The second-order valence-corrected chi connectivity index (χ2v) is 9.01. The van der Waals surface area contributed by atoms with E-state index in [1.165, 1.54) is 45.1 Å². The first kappa shape index (κ1) is 16.3. The molecule has 0 spiro atoms. The van der Waals surface area contributed by atoms with Gasteiger partial charge in [0.1, 0.15) is 0 Å². The zero-order valence-corrected chi connectivity index (χ0v) is 14.5. The van der Waals surface area contributed by atoms with E-state index in [1.54, 1.807) is 0 Å². The Morgan fingerprint density at radius 1 is 1.15 bits per heavy atom. The third-order valence-electron chi connectivity index (χ3n) is 5.85. The van der Waals surface area contributed by atoms with E-state index in [2.05, 4.69) is 39.9 Å². The highest BCUT2D eigenvalue weighted by molar-refractivity contribution is 5.02.